The molecule has 0 saturated heterocycles. The Kier molecular flexibility index (Phi) is 4.77. The summed E-state index contributed by atoms with van der Waals surface area (Å²) in [6, 6.07) is 14.9. The van der Waals surface area contributed by atoms with Crippen molar-refractivity contribution in [3.8, 4) is 6.07 Å². The van der Waals surface area contributed by atoms with Crippen molar-refractivity contribution in [3.05, 3.63) is 69.2 Å². The lowest BCUT2D eigenvalue weighted by Crippen LogP contribution is -2.26. The first-order chi connectivity index (χ1) is 10.0. The molecule has 0 unspecified atom stereocenters. The van der Waals surface area contributed by atoms with Gasteiger partial charge in [-0.05, 0) is 42.3 Å². The second-order valence-corrected chi connectivity index (χ2v) is 5.79. The second-order valence-electron chi connectivity index (χ2n) is 4.93. The van der Waals surface area contributed by atoms with E-state index in [0.29, 0.717) is 17.7 Å². The maximum absolute atomic E-state index is 12.4. The normalized spacial score (nSPS) is 10.0. The minimum atomic E-state index is -0.0277. The molecule has 0 radical (unpaired) electrons. The van der Waals surface area contributed by atoms with E-state index in [1.165, 1.54) is 0 Å². The van der Waals surface area contributed by atoms with Crippen LogP contribution >= 0.6 is 15.9 Å². The summed E-state index contributed by atoms with van der Waals surface area (Å²) in [7, 11) is 1.77. The minimum absolute atomic E-state index is 0.0277. The van der Waals surface area contributed by atoms with E-state index in [-0.39, 0.29) is 5.91 Å². The molecule has 1 amide bonds. The van der Waals surface area contributed by atoms with Crippen molar-refractivity contribution in [3.63, 3.8) is 0 Å². The Labute approximate surface area is 132 Å². The minimum Gasteiger partial charge on any atom is -0.337 e. The van der Waals surface area contributed by atoms with Gasteiger partial charge in [0.2, 0.25) is 0 Å². The van der Waals surface area contributed by atoms with Gasteiger partial charge in [-0.3, -0.25) is 4.79 Å². The molecule has 3 nitrogen and oxygen atoms in total. The second kappa shape index (κ2) is 6.55. The summed E-state index contributed by atoms with van der Waals surface area (Å²) >= 11 is 3.44. The Hall–Kier alpha value is -2.12. The lowest BCUT2D eigenvalue weighted by Gasteiger charge is -2.18. The molecular formula is C17H15BrN2O. The van der Waals surface area contributed by atoms with E-state index in [9.17, 15) is 4.79 Å². The van der Waals surface area contributed by atoms with Gasteiger partial charge in [-0.15, -0.1) is 0 Å². The SMILES string of the molecule is Cc1ccc(C(=O)N(C)Cc2ccc(C#N)cc2)cc1Br. The topological polar surface area (TPSA) is 44.1 Å². The molecule has 0 aromatic heterocycles. The molecule has 0 aliphatic heterocycles. The van der Waals surface area contributed by atoms with Crippen molar-refractivity contribution < 1.29 is 4.79 Å². The first kappa shape index (κ1) is 15.3. The number of hydrogen-bond donors (Lipinski definition) is 0. The number of hydrogen-bond acceptors (Lipinski definition) is 2. The van der Waals surface area contributed by atoms with Crippen LogP contribution < -0.4 is 0 Å². The van der Waals surface area contributed by atoms with Crippen LogP contribution in [-0.4, -0.2) is 17.9 Å². The molecular weight excluding hydrogens is 328 g/mol. The van der Waals surface area contributed by atoms with Gasteiger partial charge in [-0.2, -0.15) is 5.26 Å². The monoisotopic (exact) mass is 342 g/mol. The summed E-state index contributed by atoms with van der Waals surface area (Å²) in [4.78, 5) is 14.1. The van der Waals surface area contributed by atoms with Gasteiger partial charge in [0.05, 0.1) is 11.6 Å². The van der Waals surface area contributed by atoms with Gasteiger partial charge in [0, 0.05) is 23.6 Å². The van der Waals surface area contributed by atoms with E-state index in [0.717, 1.165) is 15.6 Å². The Bertz CT molecular complexity index is 702. The van der Waals surface area contributed by atoms with Gasteiger partial charge >= 0.3 is 0 Å². The molecule has 0 fully saturated rings. The van der Waals surface area contributed by atoms with Crippen LogP contribution in [0.1, 0.15) is 27.0 Å². The van der Waals surface area contributed by atoms with Gasteiger partial charge in [0.15, 0.2) is 0 Å². The average Bonchev–Trinajstić information content (AvgIpc) is 2.50. The molecule has 2 rings (SSSR count). The van der Waals surface area contributed by atoms with Crippen LogP contribution in [-0.2, 0) is 6.54 Å². The Morgan fingerprint density at radius 3 is 2.48 bits per heavy atom. The summed E-state index contributed by atoms with van der Waals surface area (Å²) in [5, 5.41) is 8.78. The fourth-order valence-corrected chi connectivity index (χ4v) is 2.36. The summed E-state index contributed by atoms with van der Waals surface area (Å²) in [5.74, 6) is -0.0277. The molecule has 2 aromatic rings. The summed E-state index contributed by atoms with van der Waals surface area (Å²) in [5.41, 5.74) is 3.37. The summed E-state index contributed by atoms with van der Waals surface area (Å²) in [6.45, 7) is 2.49. The number of rotatable bonds is 3. The van der Waals surface area contributed by atoms with Gasteiger partial charge in [0.1, 0.15) is 0 Å². The van der Waals surface area contributed by atoms with Crippen LogP contribution in [0.4, 0.5) is 0 Å². The third-order valence-electron chi connectivity index (χ3n) is 3.27. The van der Waals surface area contributed by atoms with E-state index in [2.05, 4.69) is 22.0 Å². The van der Waals surface area contributed by atoms with Crippen molar-refractivity contribution in [1.82, 2.24) is 4.90 Å². The maximum atomic E-state index is 12.4. The van der Waals surface area contributed by atoms with E-state index >= 15 is 0 Å². The van der Waals surface area contributed by atoms with E-state index < -0.39 is 0 Å². The van der Waals surface area contributed by atoms with Gasteiger partial charge in [-0.25, -0.2) is 0 Å². The van der Waals surface area contributed by atoms with E-state index in [1.54, 1.807) is 24.1 Å². The zero-order valence-electron chi connectivity index (χ0n) is 11.9. The summed E-state index contributed by atoms with van der Waals surface area (Å²) in [6.07, 6.45) is 0. The molecule has 0 aliphatic rings. The fourth-order valence-electron chi connectivity index (χ4n) is 1.98. The largest absolute Gasteiger partial charge is 0.337 e. The number of carbonyl (C=O) groups excluding carboxylic acids is 1. The van der Waals surface area contributed by atoms with Crippen molar-refractivity contribution >= 4 is 21.8 Å². The Morgan fingerprint density at radius 1 is 1.24 bits per heavy atom. The number of amides is 1. The number of aryl methyl sites for hydroxylation is 1. The highest BCUT2D eigenvalue weighted by Gasteiger charge is 2.13. The Morgan fingerprint density at radius 2 is 1.90 bits per heavy atom. The molecule has 0 saturated carbocycles. The molecule has 0 aliphatic carbocycles. The van der Waals surface area contributed by atoms with E-state index in [4.69, 9.17) is 5.26 Å². The first-order valence-corrected chi connectivity index (χ1v) is 7.31. The van der Waals surface area contributed by atoms with Crippen LogP contribution in [0.3, 0.4) is 0 Å². The predicted molar refractivity (Wildman–Crippen MR) is 85.8 cm³/mol. The quantitative estimate of drug-likeness (QED) is 0.848. The van der Waals surface area contributed by atoms with Crippen molar-refractivity contribution in [2.75, 3.05) is 7.05 Å². The van der Waals surface area contributed by atoms with Crippen molar-refractivity contribution in [1.29, 1.82) is 5.26 Å². The number of halogens is 1. The summed E-state index contributed by atoms with van der Waals surface area (Å²) < 4.78 is 0.931. The molecule has 2 aromatic carbocycles. The van der Waals surface area contributed by atoms with Crippen LogP contribution in [0.5, 0.6) is 0 Å². The molecule has 4 heteroatoms. The molecule has 0 atom stereocenters. The van der Waals surface area contributed by atoms with Crippen LogP contribution in [0.25, 0.3) is 0 Å². The van der Waals surface area contributed by atoms with Gasteiger partial charge < -0.3 is 4.90 Å². The molecule has 106 valence electrons. The maximum Gasteiger partial charge on any atom is 0.253 e. The third kappa shape index (κ3) is 3.71. The van der Waals surface area contributed by atoms with Crippen molar-refractivity contribution in [2.45, 2.75) is 13.5 Å². The highest BCUT2D eigenvalue weighted by molar-refractivity contribution is 9.10. The van der Waals surface area contributed by atoms with Crippen LogP contribution in [0, 0.1) is 18.3 Å². The fraction of sp³-hybridized carbons (Fsp3) is 0.176. The number of benzene rings is 2. The van der Waals surface area contributed by atoms with Crippen LogP contribution in [0.2, 0.25) is 0 Å². The predicted octanol–water partition coefficient (Wildman–Crippen LogP) is 3.90. The smallest absolute Gasteiger partial charge is 0.253 e. The standard InChI is InChI=1S/C17H15BrN2O/c1-12-3-8-15(9-16(12)18)17(21)20(2)11-14-6-4-13(10-19)5-7-14/h3-9H,11H2,1-2H3. The van der Waals surface area contributed by atoms with E-state index in [1.807, 2.05) is 37.3 Å². The molecule has 0 spiro atoms. The zero-order chi connectivity index (χ0) is 15.4. The lowest BCUT2D eigenvalue weighted by atomic mass is 10.1. The highest BCUT2D eigenvalue weighted by Crippen LogP contribution is 2.19. The van der Waals surface area contributed by atoms with Crippen molar-refractivity contribution in [2.24, 2.45) is 0 Å². The zero-order valence-corrected chi connectivity index (χ0v) is 13.5. The number of nitriles is 1. The molecule has 21 heavy (non-hydrogen) atoms. The van der Waals surface area contributed by atoms with Crippen LogP contribution in [0.15, 0.2) is 46.9 Å². The van der Waals surface area contributed by atoms with Gasteiger partial charge in [-0.1, -0.05) is 34.1 Å². The molecule has 0 bridgehead atoms. The number of nitrogens with zero attached hydrogens (tertiary/aromatic N) is 2. The molecule has 0 heterocycles. The van der Waals surface area contributed by atoms with Gasteiger partial charge in [0.25, 0.3) is 5.91 Å². The molecule has 0 N–H and O–H groups in total. The average molecular weight is 343 g/mol. The Balaban J connectivity index is 2.11. The lowest BCUT2D eigenvalue weighted by molar-refractivity contribution is 0.0785. The number of carbonyl (C=O) groups is 1. The third-order valence-corrected chi connectivity index (χ3v) is 4.12. The highest BCUT2D eigenvalue weighted by atomic mass is 79.9. The first-order valence-electron chi connectivity index (χ1n) is 6.52.